The molecule has 0 radical (unpaired) electrons. The van der Waals surface area contributed by atoms with Crippen LogP contribution in [0.4, 0.5) is 0 Å². The van der Waals surface area contributed by atoms with E-state index in [0.29, 0.717) is 23.7 Å². The Labute approximate surface area is 131 Å². The fourth-order valence-electron chi connectivity index (χ4n) is 5.68. The lowest BCUT2D eigenvalue weighted by Crippen LogP contribution is -2.50. The minimum atomic E-state index is -0.173. The Morgan fingerprint density at radius 3 is 2.82 bits per heavy atom. The van der Waals surface area contributed by atoms with E-state index in [0.717, 1.165) is 44.2 Å². The van der Waals surface area contributed by atoms with Crippen LogP contribution in [0.5, 0.6) is 0 Å². The fraction of sp³-hybridized carbons (Fsp3) is 0.667. The summed E-state index contributed by atoms with van der Waals surface area (Å²) in [5, 5.41) is 25.2. The van der Waals surface area contributed by atoms with Crippen molar-refractivity contribution in [1.29, 1.82) is 5.26 Å². The average molecular weight is 297 g/mol. The summed E-state index contributed by atoms with van der Waals surface area (Å²) in [4.78, 5) is 0. The molecule has 22 heavy (non-hydrogen) atoms. The maximum Gasteiger partial charge on any atom is 0.112 e. The van der Waals surface area contributed by atoms with Gasteiger partial charge in [-0.1, -0.05) is 19.8 Å². The predicted molar refractivity (Wildman–Crippen MR) is 83.2 cm³/mol. The quantitative estimate of drug-likeness (QED) is 0.796. The van der Waals surface area contributed by atoms with Gasteiger partial charge < -0.3 is 5.11 Å². The van der Waals surface area contributed by atoms with Gasteiger partial charge in [-0.3, -0.25) is 4.68 Å². The number of allylic oxidation sites excluding steroid dienone is 2. The third kappa shape index (κ3) is 1.54. The van der Waals surface area contributed by atoms with Crippen LogP contribution in [-0.4, -0.2) is 14.9 Å². The number of rotatable bonds is 0. The molecule has 116 valence electrons. The number of fused-ring (bicyclic) bond motifs is 4. The van der Waals surface area contributed by atoms with Crippen LogP contribution in [0, 0.1) is 22.7 Å². The lowest BCUT2D eigenvalue weighted by atomic mass is 9.50. The maximum absolute atomic E-state index is 10.9. The van der Waals surface area contributed by atoms with Crippen molar-refractivity contribution < 1.29 is 5.11 Å². The molecule has 2 atom stereocenters. The van der Waals surface area contributed by atoms with Crippen LogP contribution in [0.15, 0.2) is 17.5 Å². The highest BCUT2D eigenvalue weighted by atomic mass is 16.3. The number of nitrogens with zero attached hydrogens (tertiary/aromatic N) is 3. The third-order valence-corrected chi connectivity index (χ3v) is 6.52. The SMILES string of the molecule is Cn1cc2c(n1)[C@@]1(C)CC(C#N)=C(O)C3(CCCC3)[C@@H]1CC2. The zero-order valence-corrected chi connectivity index (χ0v) is 13.4. The molecule has 4 heteroatoms. The second kappa shape index (κ2) is 4.38. The highest BCUT2D eigenvalue weighted by Crippen LogP contribution is 2.63. The minimum Gasteiger partial charge on any atom is -0.511 e. The molecule has 1 saturated carbocycles. The number of aromatic nitrogens is 2. The van der Waals surface area contributed by atoms with Crippen LogP contribution in [-0.2, 0) is 18.9 Å². The van der Waals surface area contributed by atoms with E-state index in [9.17, 15) is 10.4 Å². The van der Waals surface area contributed by atoms with Gasteiger partial charge in [-0.15, -0.1) is 0 Å². The molecule has 0 aromatic carbocycles. The number of aliphatic hydroxyl groups excluding tert-OH is 1. The highest BCUT2D eigenvalue weighted by Gasteiger charge is 2.59. The van der Waals surface area contributed by atoms with Crippen molar-refractivity contribution >= 4 is 0 Å². The molecule has 1 heterocycles. The van der Waals surface area contributed by atoms with Gasteiger partial charge in [0.05, 0.1) is 17.3 Å². The normalized spacial score (nSPS) is 32.7. The highest BCUT2D eigenvalue weighted by molar-refractivity contribution is 5.43. The summed E-state index contributed by atoms with van der Waals surface area (Å²) >= 11 is 0. The molecule has 1 aromatic heterocycles. The van der Waals surface area contributed by atoms with Gasteiger partial charge in [0.1, 0.15) is 5.76 Å². The summed E-state index contributed by atoms with van der Waals surface area (Å²) in [5.41, 5.74) is 2.80. The molecule has 3 aliphatic rings. The molecule has 1 fully saturated rings. The lowest BCUT2D eigenvalue weighted by Gasteiger charge is -2.53. The average Bonchev–Trinajstić information content (AvgIpc) is 3.11. The second-order valence-corrected chi connectivity index (χ2v) is 7.66. The number of nitriles is 1. The first-order chi connectivity index (χ1) is 10.5. The monoisotopic (exact) mass is 297 g/mol. The molecule has 0 saturated heterocycles. The molecule has 1 spiro atoms. The van der Waals surface area contributed by atoms with Crippen LogP contribution < -0.4 is 0 Å². The third-order valence-electron chi connectivity index (χ3n) is 6.52. The number of aryl methyl sites for hydroxylation is 2. The summed E-state index contributed by atoms with van der Waals surface area (Å²) in [7, 11) is 1.98. The van der Waals surface area contributed by atoms with Crippen molar-refractivity contribution in [2.75, 3.05) is 0 Å². The van der Waals surface area contributed by atoms with Gasteiger partial charge in [0.2, 0.25) is 0 Å². The lowest BCUT2D eigenvalue weighted by molar-refractivity contribution is 0.0395. The Morgan fingerprint density at radius 2 is 2.14 bits per heavy atom. The predicted octanol–water partition coefficient (Wildman–Crippen LogP) is 3.54. The van der Waals surface area contributed by atoms with Crippen molar-refractivity contribution in [1.82, 2.24) is 9.78 Å². The molecule has 3 aliphatic carbocycles. The van der Waals surface area contributed by atoms with E-state index >= 15 is 0 Å². The molecule has 4 rings (SSSR count). The Morgan fingerprint density at radius 1 is 1.41 bits per heavy atom. The van der Waals surface area contributed by atoms with Crippen molar-refractivity contribution in [3.05, 3.63) is 28.8 Å². The molecule has 0 unspecified atom stereocenters. The van der Waals surface area contributed by atoms with Crippen molar-refractivity contribution in [3.63, 3.8) is 0 Å². The number of hydrogen-bond acceptors (Lipinski definition) is 3. The second-order valence-electron chi connectivity index (χ2n) is 7.66. The van der Waals surface area contributed by atoms with E-state index in [1.54, 1.807) is 0 Å². The summed E-state index contributed by atoms with van der Waals surface area (Å²) in [6.07, 6.45) is 9.25. The van der Waals surface area contributed by atoms with E-state index in [-0.39, 0.29) is 10.8 Å². The molecule has 1 aromatic rings. The van der Waals surface area contributed by atoms with Gasteiger partial charge in [-0.05, 0) is 43.6 Å². The van der Waals surface area contributed by atoms with Gasteiger partial charge in [0.25, 0.3) is 0 Å². The Kier molecular flexibility index (Phi) is 2.76. The molecule has 0 aliphatic heterocycles. The van der Waals surface area contributed by atoms with Gasteiger partial charge in [-0.2, -0.15) is 10.4 Å². The van der Waals surface area contributed by atoms with Crippen LogP contribution in [0.3, 0.4) is 0 Å². The Hall–Kier alpha value is -1.76. The van der Waals surface area contributed by atoms with E-state index < -0.39 is 0 Å². The minimum absolute atomic E-state index is 0.115. The maximum atomic E-state index is 10.9. The fourth-order valence-corrected chi connectivity index (χ4v) is 5.68. The number of hydrogen-bond donors (Lipinski definition) is 1. The number of aliphatic hydroxyl groups is 1. The zero-order chi connectivity index (χ0) is 15.5. The molecule has 1 N–H and O–H groups in total. The van der Waals surface area contributed by atoms with Crippen LogP contribution >= 0.6 is 0 Å². The van der Waals surface area contributed by atoms with Crippen molar-refractivity contribution in [3.8, 4) is 6.07 Å². The van der Waals surface area contributed by atoms with E-state index in [2.05, 4.69) is 19.2 Å². The topological polar surface area (TPSA) is 61.8 Å². The largest absolute Gasteiger partial charge is 0.511 e. The van der Waals surface area contributed by atoms with Crippen LogP contribution in [0.25, 0.3) is 0 Å². The van der Waals surface area contributed by atoms with E-state index in [4.69, 9.17) is 5.10 Å². The standard InChI is InChI=1S/C18H23N3O/c1-17-9-13(10-19)16(22)18(7-3-4-8-18)14(17)6-5-12-11-21(2)20-15(12)17/h11,14,22H,3-9H2,1-2H3/t14-,17+/m1/s1. The van der Waals surface area contributed by atoms with Crippen molar-refractivity contribution in [2.45, 2.75) is 57.3 Å². The van der Waals surface area contributed by atoms with E-state index in [1.165, 1.54) is 5.56 Å². The molecular formula is C18H23N3O. The summed E-state index contributed by atoms with van der Waals surface area (Å²) < 4.78 is 1.91. The van der Waals surface area contributed by atoms with Gasteiger partial charge >= 0.3 is 0 Å². The van der Waals surface area contributed by atoms with Crippen LogP contribution in [0.1, 0.15) is 56.7 Å². The van der Waals surface area contributed by atoms with Gasteiger partial charge in [0.15, 0.2) is 0 Å². The van der Waals surface area contributed by atoms with Gasteiger partial charge in [0, 0.05) is 24.1 Å². The first-order valence-corrected chi connectivity index (χ1v) is 8.37. The Balaban J connectivity index is 1.93. The Bertz CT molecular complexity index is 702. The molecule has 4 nitrogen and oxygen atoms in total. The summed E-state index contributed by atoms with van der Waals surface area (Å²) in [6, 6.07) is 2.30. The zero-order valence-electron chi connectivity index (χ0n) is 13.4. The molecular weight excluding hydrogens is 274 g/mol. The summed E-state index contributed by atoms with van der Waals surface area (Å²) in [5.74, 6) is 0.816. The summed E-state index contributed by atoms with van der Waals surface area (Å²) in [6.45, 7) is 2.27. The molecule has 0 amide bonds. The first-order valence-electron chi connectivity index (χ1n) is 8.37. The van der Waals surface area contributed by atoms with Crippen molar-refractivity contribution in [2.24, 2.45) is 18.4 Å². The molecule has 0 bridgehead atoms. The first kappa shape index (κ1) is 13.9. The smallest absolute Gasteiger partial charge is 0.112 e. The van der Waals surface area contributed by atoms with E-state index in [1.807, 2.05) is 11.7 Å². The van der Waals surface area contributed by atoms with Gasteiger partial charge in [-0.25, -0.2) is 0 Å². The van der Waals surface area contributed by atoms with Crippen LogP contribution in [0.2, 0.25) is 0 Å².